The summed E-state index contributed by atoms with van der Waals surface area (Å²) in [5.74, 6) is -0.198. The highest BCUT2D eigenvalue weighted by molar-refractivity contribution is 5.92. The molecule has 1 aromatic rings. The molecule has 2 aliphatic rings. The molecule has 1 aromatic carbocycles. The molecule has 0 bridgehead atoms. The first-order chi connectivity index (χ1) is 9.65. The third-order valence-corrected chi connectivity index (χ3v) is 4.05. The molecule has 4 nitrogen and oxygen atoms in total. The molecule has 3 atom stereocenters. The largest absolute Gasteiger partial charge is 0.353 e. The van der Waals surface area contributed by atoms with E-state index in [0.717, 1.165) is 18.4 Å². The number of nitrogens with one attached hydrogen (secondary N) is 2. The molecule has 106 valence electrons. The van der Waals surface area contributed by atoms with Crippen LogP contribution in [0.5, 0.6) is 0 Å². The Kier molecular flexibility index (Phi) is 3.47. The van der Waals surface area contributed by atoms with E-state index in [1.165, 1.54) is 0 Å². The smallest absolute Gasteiger partial charge is 0.224 e. The Morgan fingerprint density at radius 3 is 2.40 bits per heavy atom. The number of hydrogen-bond donors (Lipinski definition) is 2. The Morgan fingerprint density at radius 2 is 1.75 bits per heavy atom. The normalized spacial score (nSPS) is 25.6. The fourth-order valence-electron chi connectivity index (χ4n) is 2.46. The molecule has 0 aromatic heterocycles. The van der Waals surface area contributed by atoms with E-state index in [2.05, 4.69) is 10.6 Å². The van der Waals surface area contributed by atoms with Gasteiger partial charge in [-0.15, -0.1) is 0 Å². The summed E-state index contributed by atoms with van der Waals surface area (Å²) in [4.78, 5) is 23.9. The van der Waals surface area contributed by atoms with Gasteiger partial charge in [0.2, 0.25) is 11.8 Å². The Hall–Kier alpha value is -1.84. The van der Waals surface area contributed by atoms with E-state index in [-0.39, 0.29) is 29.7 Å². The lowest BCUT2D eigenvalue weighted by molar-refractivity contribution is -0.127. The summed E-state index contributed by atoms with van der Waals surface area (Å²) in [6.07, 6.45) is 2.85. The average molecular weight is 272 g/mol. The molecule has 2 saturated carbocycles. The molecule has 2 amide bonds. The van der Waals surface area contributed by atoms with Gasteiger partial charge in [0.15, 0.2) is 0 Å². The zero-order chi connectivity index (χ0) is 14.1. The number of hydrogen-bond acceptors (Lipinski definition) is 2. The first-order valence-corrected chi connectivity index (χ1v) is 7.31. The molecule has 20 heavy (non-hydrogen) atoms. The standard InChI is InChI=1S/C16H20N2O2/c1-10(11-5-3-2-4-6-11)17-15(19)13-9-14(13)16(20)18-12-7-8-12/h2-6,10,12-14H,7-9H2,1H3,(H,17,19)(H,18,20). The quantitative estimate of drug-likeness (QED) is 0.858. The van der Waals surface area contributed by atoms with E-state index < -0.39 is 0 Å². The number of benzene rings is 1. The van der Waals surface area contributed by atoms with E-state index in [4.69, 9.17) is 0 Å². The molecule has 3 rings (SSSR count). The van der Waals surface area contributed by atoms with Gasteiger partial charge >= 0.3 is 0 Å². The minimum Gasteiger partial charge on any atom is -0.353 e. The molecule has 0 saturated heterocycles. The summed E-state index contributed by atoms with van der Waals surface area (Å²) in [5.41, 5.74) is 1.08. The monoisotopic (exact) mass is 272 g/mol. The lowest BCUT2D eigenvalue weighted by atomic mass is 10.1. The number of amides is 2. The fourth-order valence-corrected chi connectivity index (χ4v) is 2.46. The lowest BCUT2D eigenvalue weighted by Gasteiger charge is -2.14. The third-order valence-electron chi connectivity index (χ3n) is 4.05. The van der Waals surface area contributed by atoms with Gasteiger partial charge in [0, 0.05) is 6.04 Å². The maximum atomic E-state index is 12.1. The molecule has 0 aliphatic heterocycles. The van der Waals surface area contributed by atoms with E-state index >= 15 is 0 Å². The molecule has 0 heterocycles. The minimum absolute atomic E-state index is 0.00250. The van der Waals surface area contributed by atoms with Crippen molar-refractivity contribution in [2.24, 2.45) is 11.8 Å². The van der Waals surface area contributed by atoms with Crippen LogP contribution in [-0.2, 0) is 9.59 Å². The van der Waals surface area contributed by atoms with Crippen LogP contribution < -0.4 is 10.6 Å². The van der Waals surface area contributed by atoms with Crippen LogP contribution in [0.1, 0.15) is 37.8 Å². The fraction of sp³-hybridized carbons (Fsp3) is 0.500. The van der Waals surface area contributed by atoms with Crippen LogP contribution in [0.4, 0.5) is 0 Å². The van der Waals surface area contributed by atoms with Crippen molar-refractivity contribution in [2.45, 2.75) is 38.3 Å². The van der Waals surface area contributed by atoms with Crippen LogP contribution in [0.25, 0.3) is 0 Å². The predicted octanol–water partition coefficient (Wildman–Crippen LogP) is 1.78. The maximum absolute atomic E-state index is 12.1. The van der Waals surface area contributed by atoms with Crippen molar-refractivity contribution >= 4 is 11.8 Å². The summed E-state index contributed by atoms with van der Waals surface area (Å²) in [6.45, 7) is 1.97. The second-order valence-corrected chi connectivity index (χ2v) is 5.87. The van der Waals surface area contributed by atoms with Crippen molar-refractivity contribution in [3.63, 3.8) is 0 Å². The highest BCUT2D eigenvalue weighted by Crippen LogP contribution is 2.40. The van der Waals surface area contributed by atoms with Gasteiger partial charge < -0.3 is 10.6 Å². The molecule has 0 spiro atoms. The van der Waals surface area contributed by atoms with Crippen molar-refractivity contribution < 1.29 is 9.59 Å². The highest BCUT2D eigenvalue weighted by Gasteiger charge is 2.49. The predicted molar refractivity (Wildman–Crippen MR) is 75.8 cm³/mol. The van der Waals surface area contributed by atoms with Gasteiger partial charge in [0.1, 0.15) is 0 Å². The van der Waals surface area contributed by atoms with Crippen LogP contribution in [0.15, 0.2) is 30.3 Å². The number of carbonyl (C=O) groups is 2. The van der Waals surface area contributed by atoms with E-state index in [0.29, 0.717) is 12.5 Å². The summed E-state index contributed by atoms with van der Waals surface area (Å²) >= 11 is 0. The molecular formula is C16H20N2O2. The van der Waals surface area contributed by atoms with Crippen LogP contribution in [0, 0.1) is 11.8 Å². The lowest BCUT2D eigenvalue weighted by Crippen LogP contribution is -2.32. The Bertz CT molecular complexity index is 510. The van der Waals surface area contributed by atoms with Gasteiger partial charge in [-0.05, 0) is 31.7 Å². The van der Waals surface area contributed by atoms with Crippen molar-refractivity contribution in [3.8, 4) is 0 Å². The number of carbonyl (C=O) groups excluding carboxylic acids is 2. The third kappa shape index (κ3) is 3.00. The second-order valence-electron chi connectivity index (χ2n) is 5.87. The van der Waals surface area contributed by atoms with Crippen LogP contribution in [0.2, 0.25) is 0 Å². The Morgan fingerprint density at radius 1 is 1.10 bits per heavy atom. The van der Waals surface area contributed by atoms with Crippen molar-refractivity contribution in [1.82, 2.24) is 10.6 Å². The molecule has 2 aliphatic carbocycles. The molecule has 2 N–H and O–H groups in total. The second kappa shape index (κ2) is 5.27. The van der Waals surface area contributed by atoms with Crippen LogP contribution in [0.3, 0.4) is 0 Å². The maximum Gasteiger partial charge on any atom is 0.224 e. The molecule has 3 unspecified atom stereocenters. The van der Waals surface area contributed by atoms with Crippen LogP contribution in [-0.4, -0.2) is 17.9 Å². The molecule has 0 radical (unpaired) electrons. The van der Waals surface area contributed by atoms with Crippen molar-refractivity contribution in [1.29, 1.82) is 0 Å². The number of rotatable bonds is 5. The summed E-state index contributed by atoms with van der Waals surface area (Å²) < 4.78 is 0. The van der Waals surface area contributed by atoms with Crippen molar-refractivity contribution in [3.05, 3.63) is 35.9 Å². The molecule has 4 heteroatoms. The zero-order valence-corrected chi connectivity index (χ0v) is 11.6. The van der Waals surface area contributed by atoms with Gasteiger partial charge in [-0.2, -0.15) is 0 Å². The molecular weight excluding hydrogens is 252 g/mol. The van der Waals surface area contributed by atoms with Gasteiger partial charge in [0.25, 0.3) is 0 Å². The summed E-state index contributed by atoms with van der Waals surface area (Å²) in [5, 5.41) is 5.96. The van der Waals surface area contributed by atoms with Gasteiger partial charge in [-0.3, -0.25) is 9.59 Å². The average Bonchev–Trinajstić information content (AvgIpc) is 3.33. The van der Waals surface area contributed by atoms with Gasteiger partial charge in [0.05, 0.1) is 17.9 Å². The summed E-state index contributed by atoms with van der Waals surface area (Å²) in [6, 6.07) is 10.2. The van der Waals surface area contributed by atoms with Crippen molar-refractivity contribution in [2.75, 3.05) is 0 Å². The highest BCUT2D eigenvalue weighted by atomic mass is 16.2. The SMILES string of the molecule is CC(NC(=O)C1CC1C(=O)NC1CC1)c1ccccc1. The topological polar surface area (TPSA) is 58.2 Å². The Labute approximate surface area is 118 Å². The Balaban J connectivity index is 1.49. The van der Waals surface area contributed by atoms with Crippen LogP contribution >= 0.6 is 0 Å². The van der Waals surface area contributed by atoms with Gasteiger partial charge in [-0.1, -0.05) is 30.3 Å². The first-order valence-electron chi connectivity index (χ1n) is 7.31. The van der Waals surface area contributed by atoms with E-state index in [9.17, 15) is 9.59 Å². The van der Waals surface area contributed by atoms with E-state index in [1.807, 2.05) is 37.3 Å². The molecule has 2 fully saturated rings. The first kappa shape index (κ1) is 13.2. The zero-order valence-electron chi connectivity index (χ0n) is 11.6. The van der Waals surface area contributed by atoms with Gasteiger partial charge in [-0.25, -0.2) is 0 Å². The summed E-state index contributed by atoms with van der Waals surface area (Å²) in [7, 11) is 0. The van der Waals surface area contributed by atoms with E-state index in [1.54, 1.807) is 0 Å². The minimum atomic E-state index is -0.139.